The third kappa shape index (κ3) is 5.37. The Labute approximate surface area is 159 Å². The van der Waals surface area contributed by atoms with Gasteiger partial charge in [0.15, 0.2) is 0 Å². The van der Waals surface area contributed by atoms with E-state index in [2.05, 4.69) is 17.1 Å². The number of piperazine rings is 1. The number of carbonyl (C=O) groups excluding carboxylic acids is 1. The van der Waals surface area contributed by atoms with Crippen LogP contribution in [0.1, 0.15) is 24.0 Å². The van der Waals surface area contributed by atoms with Crippen LogP contribution in [0, 0.1) is 0 Å². The average molecular weight is 367 g/mol. The molecule has 0 radical (unpaired) electrons. The van der Waals surface area contributed by atoms with E-state index < -0.39 is 12.0 Å². The van der Waals surface area contributed by atoms with Crippen molar-refractivity contribution in [3.63, 3.8) is 0 Å². The molecule has 0 bridgehead atoms. The number of aryl methyl sites for hydroxylation is 1. The number of benzene rings is 1. The van der Waals surface area contributed by atoms with Crippen molar-refractivity contribution in [2.75, 3.05) is 19.6 Å². The first kappa shape index (κ1) is 19.0. The number of aromatic nitrogens is 1. The molecule has 1 unspecified atom stereocenters. The summed E-state index contributed by atoms with van der Waals surface area (Å²) in [5.74, 6) is -1.03. The lowest BCUT2D eigenvalue weighted by Gasteiger charge is -2.40. The summed E-state index contributed by atoms with van der Waals surface area (Å²) < 4.78 is 0. The van der Waals surface area contributed by atoms with E-state index in [1.54, 1.807) is 12.4 Å². The van der Waals surface area contributed by atoms with Crippen molar-refractivity contribution >= 4 is 11.9 Å². The van der Waals surface area contributed by atoms with Gasteiger partial charge >= 0.3 is 5.97 Å². The third-order valence-corrected chi connectivity index (χ3v) is 4.91. The smallest absolute Gasteiger partial charge is 0.305 e. The molecule has 6 nitrogen and oxygen atoms in total. The molecule has 1 aliphatic rings. The molecule has 1 N–H and O–H groups in total. The van der Waals surface area contributed by atoms with Crippen LogP contribution in [0.2, 0.25) is 0 Å². The molecule has 0 aliphatic carbocycles. The number of rotatable bonds is 8. The highest BCUT2D eigenvalue weighted by molar-refractivity contribution is 5.86. The van der Waals surface area contributed by atoms with E-state index in [0.29, 0.717) is 26.2 Å². The predicted octanol–water partition coefficient (Wildman–Crippen LogP) is 2.20. The first-order valence-electron chi connectivity index (χ1n) is 9.31. The Hall–Kier alpha value is -2.73. The van der Waals surface area contributed by atoms with Gasteiger partial charge in [0.05, 0.1) is 6.42 Å². The molecule has 1 atom stereocenters. The number of hydrogen-bond donors (Lipinski definition) is 1. The quantitative estimate of drug-likeness (QED) is 0.774. The zero-order chi connectivity index (χ0) is 19.1. The van der Waals surface area contributed by atoms with Gasteiger partial charge in [-0.05, 0) is 30.0 Å². The van der Waals surface area contributed by atoms with E-state index in [0.717, 1.165) is 18.4 Å². The molecule has 1 aromatic carbocycles. The van der Waals surface area contributed by atoms with Crippen molar-refractivity contribution in [3.8, 4) is 0 Å². The lowest BCUT2D eigenvalue weighted by Crippen LogP contribution is -2.57. The van der Waals surface area contributed by atoms with Gasteiger partial charge in [-0.15, -0.1) is 0 Å². The van der Waals surface area contributed by atoms with E-state index >= 15 is 0 Å². The van der Waals surface area contributed by atoms with Crippen LogP contribution in [0.4, 0.5) is 0 Å². The van der Waals surface area contributed by atoms with Crippen molar-refractivity contribution < 1.29 is 14.7 Å². The van der Waals surface area contributed by atoms with Gasteiger partial charge in [-0.1, -0.05) is 36.4 Å². The molecule has 0 saturated carbocycles. The maximum atomic E-state index is 12.9. The molecule has 2 heterocycles. The lowest BCUT2D eigenvalue weighted by atomic mass is 10.0. The largest absolute Gasteiger partial charge is 0.481 e. The van der Waals surface area contributed by atoms with Gasteiger partial charge in [0, 0.05) is 38.6 Å². The van der Waals surface area contributed by atoms with Crippen LogP contribution in [0.15, 0.2) is 54.9 Å². The minimum atomic E-state index is -0.948. The summed E-state index contributed by atoms with van der Waals surface area (Å²) in [6.07, 6.45) is 5.07. The maximum Gasteiger partial charge on any atom is 0.305 e. The van der Waals surface area contributed by atoms with Crippen molar-refractivity contribution in [2.45, 2.75) is 31.8 Å². The van der Waals surface area contributed by atoms with Crippen molar-refractivity contribution in [1.82, 2.24) is 14.8 Å². The fourth-order valence-corrected chi connectivity index (χ4v) is 3.52. The van der Waals surface area contributed by atoms with Crippen molar-refractivity contribution in [2.24, 2.45) is 0 Å². The molecule has 1 saturated heterocycles. The first-order chi connectivity index (χ1) is 13.1. The third-order valence-electron chi connectivity index (χ3n) is 4.91. The Balaban J connectivity index is 1.60. The maximum absolute atomic E-state index is 12.9. The molecular weight excluding hydrogens is 342 g/mol. The molecule has 1 fully saturated rings. The zero-order valence-electron chi connectivity index (χ0n) is 15.3. The Kier molecular flexibility index (Phi) is 6.54. The molecule has 6 heteroatoms. The first-order valence-corrected chi connectivity index (χ1v) is 9.31. The summed E-state index contributed by atoms with van der Waals surface area (Å²) in [4.78, 5) is 32.1. The van der Waals surface area contributed by atoms with Crippen LogP contribution in [0.25, 0.3) is 0 Å². The van der Waals surface area contributed by atoms with Crippen LogP contribution in [-0.2, 0) is 22.6 Å². The number of pyridine rings is 1. The Morgan fingerprint density at radius 3 is 2.59 bits per heavy atom. The summed E-state index contributed by atoms with van der Waals surface area (Å²) in [5.41, 5.74) is 2.24. The number of carbonyl (C=O) groups is 2. The Morgan fingerprint density at radius 2 is 1.89 bits per heavy atom. The van der Waals surface area contributed by atoms with E-state index in [4.69, 9.17) is 0 Å². The van der Waals surface area contributed by atoms with Crippen LogP contribution in [-0.4, -0.2) is 57.4 Å². The van der Waals surface area contributed by atoms with Gasteiger partial charge in [0.2, 0.25) is 5.91 Å². The van der Waals surface area contributed by atoms with Crippen LogP contribution in [0.5, 0.6) is 0 Å². The highest BCUT2D eigenvalue weighted by Crippen LogP contribution is 2.18. The molecule has 3 rings (SSSR count). The number of nitrogens with zero attached hydrogens (tertiary/aromatic N) is 3. The summed E-state index contributed by atoms with van der Waals surface area (Å²) in [5, 5.41) is 9.27. The van der Waals surface area contributed by atoms with Gasteiger partial charge < -0.3 is 10.0 Å². The van der Waals surface area contributed by atoms with Gasteiger partial charge in [-0.25, -0.2) is 0 Å². The Bertz CT molecular complexity index is 752. The van der Waals surface area contributed by atoms with E-state index in [-0.39, 0.29) is 12.3 Å². The number of amides is 1. The monoisotopic (exact) mass is 367 g/mol. The second-order valence-electron chi connectivity index (χ2n) is 6.86. The minimum Gasteiger partial charge on any atom is -0.481 e. The van der Waals surface area contributed by atoms with Crippen LogP contribution in [0.3, 0.4) is 0 Å². The van der Waals surface area contributed by atoms with E-state index in [9.17, 15) is 14.7 Å². The molecule has 27 heavy (non-hydrogen) atoms. The molecule has 2 aromatic rings. The number of carboxylic acid groups (broad SMARTS) is 1. The number of hydrogen-bond acceptors (Lipinski definition) is 4. The summed E-state index contributed by atoms with van der Waals surface area (Å²) in [6, 6.07) is 13.4. The highest BCUT2D eigenvalue weighted by Gasteiger charge is 2.35. The normalized spacial score (nSPS) is 17.9. The molecule has 1 aromatic heterocycles. The highest BCUT2D eigenvalue weighted by atomic mass is 16.4. The van der Waals surface area contributed by atoms with E-state index in [1.807, 2.05) is 40.1 Å². The molecule has 1 aliphatic heterocycles. The summed E-state index contributed by atoms with van der Waals surface area (Å²) in [6.45, 7) is 2.49. The molecule has 1 amide bonds. The molecule has 0 spiro atoms. The van der Waals surface area contributed by atoms with Gasteiger partial charge in [-0.2, -0.15) is 0 Å². The zero-order valence-corrected chi connectivity index (χ0v) is 15.3. The standard InChI is InChI=1S/C21H25N3O3/c25-20(26)14-19-21(27)23(11-5-9-17-6-2-1-3-7-17)12-13-24(19)16-18-8-4-10-22-15-18/h1-4,6-8,10,15,19H,5,9,11-14,16H2,(H,25,26). The second kappa shape index (κ2) is 9.28. The van der Waals surface area contributed by atoms with Gasteiger partial charge in [0.25, 0.3) is 0 Å². The van der Waals surface area contributed by atoms with Crippen LogP contribution < -0.4 is 0 Å². The average Bonchev–Trinajstić information content (AvgIpc) is 2.68. The van der Waals surface area contributed by atoms with Crippen LogP contribution >= 0.6 is 0 Å². The number of carboxylic acids is 1. The SMILES string of the molecule is O=C(O)CC1C(=O)N(CCCc2ccccc2)CCN1Cc1cccnc1. The summed E-state index contributed by atoms with van der Waals surface area (Å²) >= 11 is 0. The van der Waals surface area contributed by atoms with Crippen molar-refractivity contribution in [1.29, 1.82) is 0 Å². The van der Waals surface area contributed by atoms with Crippen molar-refractivity contribution in [3.05, 3.63) is 66.0 Å². The second-order valence-corrected chi connectivity index (χ2v) is 6.86. The summed E-state index contributed by atoms with van der Waals surface area (Å²) in [7, 11) is 0. The Morgan fingerprint density at radius 1 is 1.11 bits per heavy atom. The van der Waals surface area contributed by atoms with Gasteiger partial charge in [0.1, 0.15) is 6.04 Å². The topological polar surface area (TPSA) is 73.7 Å². The predicted molar refractivity (Wildman–Crippen MR) is 102 cm³/mol. The fourth-order valence-electron chi connectivity index (χ4n) is 3.52. The minimum absolute atomic E-state index is 0.0828. The molecule has 142 valence electrons. The van der Waals surface area contributed by atoms with Gasteiger partial charge in [-0.3, -0.25) is 19.5 Å². The fraction of sp³-hybridized carbons (Fsp3) is 0.381. The van der Waals surface area contributed by atoms with E-state index in [1.165, 1.54) is 5.56 Å². The number of aliphatic carboxylic acids is 1. The lowest BCUT2D eigenvalue weighted by molar-refractivity contribution is -0.149. The molecular formula is C21H25N3O3.